The number of nitrogens with one attached hydrogen (secondary N) is 1. The van der Waals surface area contributed by atoms with Crippen molar-refractivity contribution >= 4 is 5.97 Å². The summed E-state index contributed by atoms with van der Waals surface area (Å²) in [5, 5.41) is 3.55. The standard InChI is InChI=1S/C15H28N2O2/c1-12(2)17-9-4-7-15(8-10-17,14(18)19-3)16-11-13-5-6-13/h12-13,16H,4-11H2,1-3H3. The Morgan fingerprint density at radius 2 is 2.11 bits per heavy atom. The molecule has 0 bridgehead atoms. The van der Waals surface area contributed by atoms with Gasteiger partial charge in [-0.1, -0.05) is 0 Å². The predicted molar refractivity (Wildman–Crippen MR) is 76.0 cm³/mol. The molecule has 2 rings (SSSR count). The van der Waals surface area contributed by atoms with Gasteiger partial charge in [0.1, 0.15) is 5.54 Å². The molecule has 1 atom stereocenters. The van der Waals surface area contributed by atoms with Crippen molar-refractivity contribution in [2.75, 3.05) is 26.7 Å². The Hall–Kier alpha value is -0.610. The van der Waals surface area contributed by atoms with Crippen molar-refractivity contribution in [1.82, 2.24) is 10.2 Å². The van der Waals surface area contributed by atoms with Crippen LogP contribution in [-0.2, 0) is 9.53 Å². The van der Waals surface area contributed by atoms with Gasteiger partial charge >= 0.3 is 5.97 Å². The van der Waals surface area contributed by atoms with Crippen LogP contribution in [0.15, 0.2) is 0 Å². The highest BCUT2D eigenvalue weighted by atomic mass is 16.5. The maximum absolute atomic E-state index is 12.2. The van der Waals surface area contributed by atoms with Crippen LogP contribution < -0.4 is 5.32 Å². The van der Waals surface area contributed by atoms with Gasteiger partial charge in [-0.15, -0.1) is 0 Å². The van der Waals surface area contributed by atoms with E-state index in [4.69, 9.17) is 4.74 Å². The average Bonchev–Trinajstić information content (AvgIpc) is 3.22. The molecule has 1 N–H and O–H groups in total. The summed E-state index contributed by atoms with van der Waals surface area (Å²) >= 11 is 0. The fourth-order valence-electron chi connectivity index (χ4n) is 2.98. The summed E-state index contributed by atoms with van der Waals surface area (Å²) in [5.41, 5.74) is -0.443. The topological polar surface area (TPSA) is 41.6 Å². The van der Waals surface area contributed by atoms with E-state index in [0.717, 1.165) is 44.8 Å². The molecule has 1 heterocycles. The number of esters is 1. The third-order valence-corrected chi connectivity index (χ3v) is 4.61. The van der Waals surface area contributed by atoms with E-state index in [9.17, 15) is 4.79 Å². The molecule has 19 heavy (non-hydrogen) atoms. The Morgan fingerprint density at radius 1 is 1.37 bits per heavy atom. The van der Waals surface area contributed by atoms with Crippen molar-refractivity contribution in [3.8, 4) is 0 Å². The lowest BCUT2D eigenvalue weighted by Crippen LogP contribution is -2.54. The number of likely N-dealkylation sites (tertiary alicyclic amines) is 1. The lowest BCUT2D eigenvalue weighted by molar-refractivity contribution is -0.149. The second kappa shape index (κ2) is 6.23. The Labute approximate surface area is 116 Å². The lowest BCUT2D eigenvalue weighted by Gasteiger charge is -2.31. The minimum absolute atomic E-state index is 0.0706. The normalized spacial score (nSPS) is 29.3. The number of carbonyl (C=O) groups is 1. The fourth-order valence-corrected chi connectivity index (χ4v) is 2.98. The van der Waals surface area contributed by atoms with Crippen LogP contribution in [0.25, 0.3) is 0 Å². The van der Waals surface area contributed by atoms with Gasteiger partial charge in [-0.3, -0.25) is 4.79 Å². The van der Waals surface area contributed by atoms with Gasteiger partial charge in [0, 0.05) is 12.6 Å². The Kier molecular flexibility index (Phi) is 4.85. The van der Waals surface area contributed by atoms with Crippen LogP contribution in [0.1, 0.15) is 46.0 Å². The molecule has 0 amide bonds. The molecule has 110 valence electrons. The third-order valence-electron chi connectivity index (χ3n) is 4.61. The van der Waals surface area contributed by atoms with E-state index in [-0.39, 0.29) is 5.97 Å². The second-order valence-corrected chi connectivity index (χ2v) is 6.38. The fraction of sp³-hybridized carbons (Fsp3) is 0.933. The van der Waals surface area contributed by atoms with Crippen LogP contribution in [0.4, 0.5) is 0 Å². The van der Waals surface area contributed by atoms with Crippen molar-refractivity contribution in [3.63, 3.8) is 0 Å². The first-order chi connectivity index (χ1) is 9.07. The van der Waals surface area contributed by atoms with E-state index in [1.807, 2.05) is 0 Å². The summed E-state index contributed by atoms with van der Waals surface area (Å²) < 4.78 is 5.08. The number of hydrogen-bond donors (Lipinski definition) is 1. The number of rotatable bonds is 5. The number of hydrogen-bond acceptors (Lipinski definition) is 4. The van der Waals surface area contributed by atoms with Gasteiger partial charge in [0.2, 0.25) is 0 Å². The first kappa shape index (κ1) is 14.8. The largest absolute Gasteiger partial charge is 0.468 e. The van der Waals surface area contributed by atoms with Crippen molar-refractivity contribution in [2.24, 2.45) is 5.92 Å². The van der Waals surface area contributed by atoms with Gasteiger partial charge in [-0.2, -0.15) is 0 Å². The molecule has 4 nitrogen and oxygen atoms in total. The zero-order valence-electron chi connectivity index (χ0n) is 12.6. The molecule has 2 aliphatic rings. The Morgan fingerprint density at radius 3 is 2.68 bits per heavy atom. The minimum Gasteiger partial charge on any atom is -0.468 e. The van der Waals surface area contributed by atoms with Crippen LogP contribution >= 0.6 is 0 Å². The molecule has 1 saturated heterocycles. The molecular weight excluding hydrogens is 240 g/mol. The third kappa shape index (κ3) is 3.69. The average molecular weight is 268 g/mol. The van der Waals surface area contributed by atoms with E-state index >= 15 is 0 Å². The number of methoxy groups -OCH3 is 1. The zero-order valence-corrected chi connectivity index (χ0v) is 12.6. The van der Waals surface area contributed by atoms with Crippen molar-refractivity contribution in [1.29, 1.82) is 0 Å². The summed E-state index contributed by atoms with van der Waals surface area (Å²) in [7, 11) is 1.51. The first-order valence-electron chi connectivity index (χ1n) is 7.65. The maximum Gasteiger partial charge on any atom is 0.326 e. The molecule has 0 spiro atoms. The Balaban J connectivity index is 2.01. The molecule has 4 heteroatoms. The van der Waals surface area contributed by atoms with E-state index < -0.39 is 5.54 Å². The summed E-state index contributed by atoms with van der Waals surface area (Å²) in [5.74, 6) is 0.713. The molecule has 1 unspecified atom stereocenters. The molecule has 0 radical (unpaired) electrons. The summed E-state index contributed by atoms with van der Waals surface area (Å²) in [6.07, 6.45) is 5.44. The minimum atomic E-state index is -0.443. The van der Waals surface area contributed by atoms with Gasteiger partial charge in [-0.25, -0.2) is 0 Å². The van der Waals surface area contributed by atoms with Gasteiger partial charge < -0.3 is 15.0 Å². The number of ether oxygens (including phenoxy) is 1. The first-order valence-corrected chi connectivity index (χ1v) is 7.65. The van der Waals surface area contributed by atoms with Gasteiger partial charge in [0.25, 0.3) is 0 Å². The zero-order chi connectivity index (χ0) is 13.9. The van der Waals surface area contributed by atoms with Crippen LogP contribution in [0.2, 0.25) is 0 Å². The van der Waals surface area contributed by atoms with Crippen LogP contribution in [-0.4, -0.2) is 49.2 Å². The van der Waals surface area contributed by atoms with E-state index in [0.29, 0.717) is 6.04 Å². The molecule has 0 aromatic rings. The highest BCUT2D eigenvalue weighted by Crippen LogP contribution is 2.31. The molecule has 1 aliphatic heterocycles. The van der Waals surface area contributed by atoms with E-state index in [2.05, 4.69) is 24.1 Å². The van der Waals surface area contributed by atoms with Gasteiger partial charge in [-0.05, 0) is 65.0 Å². The van der Waals surface area contributed by atoms with Crippen molar-refractivity contribution in [3.05, 3.63) is 0 Å². The molecule has 2 fully saturated rings. The van der Waals surface area contributed by atoms with Crippen LogP contribution in [0.5, 0.6) is 0 Å². The maximum atomic E-state index is 12.2. The number of nitrogens with zero attached hydrogens (tertiary/aromatic N) is 1. The monoisotopic (exact) mass is 268 g/mol. The number of carbonyl (C=O) groups excluding carboxylic acids is 1. The molecular formula is C15H28N2O2. The van der Waals surface area contributed by atoms with Gasteiger partial charge in [0.15, 0.2) is 0 Å². The Bertz CT molecular complexity index is 315. The smallest absolute Gasteiger partial charge is 0.326 e. The molecule has 0 aromatic carbocycles. The highest BCUT2D eigenvalue weighted by molar-refractivity contribution is 5.80. The summed E-state index contributed by atoms with van der Waals surface area (Å²) in [4.78, 5) is 14.7. The van der Waals surface area contributed by atoms with Gasteiger partial charge in [0.05, 0.1) is 7.11 Å². The van der Waals surface area contributed by atoms with Crippen molar-refractivity contribution in [2.45, 2.75) is 57.5 Å². The summed E-state index contributed by atoms with van der Waals surface area (Å²) in [6, 6.07) is 0.553. The van der Waals surface area contributed by atoms with Crippen LogP contribution in [0.3, 0.4) is 0 Å². The van der Waals surface area contributed by atoms with Crippen LogP contribution in [0, 0.1) is 5.92 Å². The SMILES string of the molecule is COC(=O)C1(NCC2CC2)CCCN(C(C)C)CC1. The van der Waals surface area contributed by atoms with E-state index in [1.165, 1.54) is 20.0 Å². The molecule has 1 saturated carbocycles. The quantitative estimate of drug-likeness (QED) is 0.772. The molecule has 1 aliphatic carbocycles. The van der Waals surface area contributed by atoms with E-state index in [1.54, 1.807) is 0 Å². The van der Waals surface area contributed by atoms with Crippen molar-refractivity contribution < 1.29 is 9.53 Å². The molecule has 0 aromatic heterocycles. The summed E-state index contributed by atoms with van der Waals surface area (Å²) in [6.45, 7) is 7.48. The predicted octanol–water partition coefficient (Wildman–Crippen LogP) is 1.79. The second-order valence-electron chi connectivity index (χ2n) is 6.38. The lowest BCUT2D eigenvalue weighted by atomic mass is 9.90. The highest BCUT2D eigenvalue weighted by Gasteiger charge is 2.41.